The van der Waals surface area contributed by atoms with Crippen LogP contribution in [0.4, 0.5) is 15.3 Å². The van der Waals surface area contributed by atoms with E-state index in [1.54, 1.807) is 39.1 Å². The Kier molecular flexibility index (Phi) is 11.9. The number of hydrogen-bond acceptors (Lipinski definition) is 7. The second kappa shape index (κ2) is 16.1. The summed E-state index contributed by atoms with van der Waals surface area (Å²) < 4.78 is 5.78. The number of ether oxygens (including phenoxy) is 1. The average Bonchev–Trinajstić information content (AvgIpc) is 3.37. The molecule has 0 bridgehead atoms. The number of rotatable bonds is 14. The lowest BCUT2D eigenvalue weighted by atomic mass is 9.98. The van der Waals surface area contributed by atoms with Crippen LogP contribution in [0.5, 0.6) is 0 Å². The molecule has 5 amide bonds. The Morgan fingerprint density at radius 1 is 0.936 bits per heavy atom. The Morgan fingerprint density at radius 3 is 2.17 bits per heavy atom. The summed E-state index contributed by atoms with van der Waals surface area (Å²) in [5.41, 5.74) is 17.2. The number of aliphatic hydroxyl groups excluding tert-OH is 1. The number of benzene rings is 3. The number of fused-ring (bicyclic) bond motifs is 3. The van der Waals surface area contributed by atoms with Crippen LogP contribution in [0, 0.1) is 5.92 Å². The fourth-order valence-electron chi connectivity index (χ4n) is 5.62. The molecule has 2 atom stereocenters. The van der Waals surface area contributed by atoms with Crippen molar-refractivity contribution >= 4 is 29.6 Å². The molecule has 47 heavy (non-hydrogen) atoms. The van der Waals surface area contributed by atoms with Crippen LogP contribution < -0.4 is 27.4 Å². The van der Waals surface area contributed by atoms with Gasteiger partial charge in [0.25, 0.3) is 0 Å². The quantitative estimate of drug-likeness (QED) is 0.145. The van der Waals surface area contributed by atoms with Crippen molar-refractivity contribution in [3.8, 4) is 11.1 Å². The van der Waals surface area contributed by atoms with Gasteiger partial charge in [0.05, 0.1) is 12.6 Å². The number of aliphatic hydroxyl groups is 1. The van der Waals surface area contributed by atoms with Gasteiger partial charge in [0, 0.05) is 31.7 Å². The summed E-state index contributed by atoms with van der Waals surface area (Å²) in [7, 11) is 1.61. The second-order valence-corrected chi connectivity index (χ2v) is 12.1. The fraction of sp³-hybridized carbons (Fsp3) is 0.371. The number of nitrogens with two attached hydrogens (primary N) is 2. The molecule has 1 aliphatic carbocycles. The first-order valence-electron chi connectivity index (χ1n) is 15.7. The largest absolute Gasteiger partial charge is 0.448 e. The third kappa shape index (κ3) is 8.87. The summed E-state index contributed by atoms with van der Waals surface area (Å²) in [5.74, 6) is -1.18. The van der Waals surface area contributed by atoms with Gasteiger partial charge in [0.2, 0.25) is 11.8 Å². The van der Waals surface area contributed by atoms with Gasteiger partial charge in [-0.15, -0.1) is 0 Å². The van der Waals surface area contributed by atoms with Crippen molar-refractivity contribution in [3.05, 3.63) is 89.0 Å². The number of carbonyl (C=O) groups is 4. The van der Waals surface area contributed by atoms with Gasteiger partial charge in [0.1, 0.15) is 12.6 Å². The van der Waals surface area contributed by atoms with Crippen LogP contribution in [0.25, 0.3) is 11.1 Å². The topological polar surface area (TPSA) is 189 Å². The van der Waals surface area contributed by atoms with Gasteiger partial charge >= 0.3 is 12.1 Å². The molecule has 12 nitrogen and oxygen atoms in total. The zero-order valence-electron chi connectivity index (χ0n) is 27.0. The van der Waals surface area contributed by atoms with Crippen molar-refractivity contribution in [1.29, 1.82) is 0 Å². The van der Waals surface area contributed by atoms with E-state index in [4.69, 9.17) is 16.2 Å². The van der Waals surface area contributed by atoms with Gasteiger partial charge in [-0.2, -0.15) is 0 Å². The fourth-order valence-corrected chi connectivity index (χ4v) is 5.62. The van der Waals surface area contributed by atoms with Gasteiger partial charge in [-0.1, -0.05) is 68.4 Å². The lowest BCUT2D eigenvalue weighted by Gasteiger charge is -2.23. The first kappa shape index (κ1) is 34.9. The zero-order valence-corrected chi connectivity index (χ0v) is 27.0. The van der Waals surface area contributed by atoms with E-state index in [2.05, 4.69) is 40.2 Å². The minimum atomic E-state index is -0.938. The van der Waals surface area contributed by atoms with E-state index in [-0.39, 0.29) is 44.6 Å². The zero-order chi connectivity index (χ0) is 34.1. The van der Waals surface area contributed by atoms with E-state index in [1.165, 1.54) is 4.90 Å². The maximum Gasteiger partial charge on any atom is 0.409 e. The molecular formula is C35H44N6O6. The molecule has 1 aliphatic rings. The molecule has 0 aromatic heterocycles. The number of anilines is 1. The number of nitrogens with one attached hydrogen (secondary N) is 3. The summed E-state index contributed by atoms with van der Waals surface area (Å²) in [6, 6.07) is 18.7. The molecule has 12 heteroatoms. The Bertz CT molecular complexity index is 1550. The number of urea groups is 1. The maximum absolute atomic E-state index is 13.3. The maximum atomic E-state index is 13.3. The summed E-state index contributed by atoms with van der Waals surface area (Å²) in [6.45, 7) is 3.84. The van der Waals surface area contributed by atoms with Crippen LogP contribution in [-0.2, 0) is 27.5 Å². The molecule has 3 aromatic rings. The summed E-state index contributed by atoms with van der Waals surface area (Å²) in [5, 5.41) is 18.0. The summed E-state index contributed by atoms with van der Waals surface area (Å²) >= 11 is 0. The Labute approximate surface area is 274 Å². The Morgan fingerprint density at radius 2 is 1.57 bits per heavy atom. The SMILES string of the molecule is CC(C)[C@H](N)C(=O)N[C@@H](CCCNC(N)=O)C(=O)Nc1ccc(CO)c(CN(C)C(=O)OCC2c3ccccc3-c3ccccc32)c1. The first-order valence-corrected chi connectivity index (χ1v) is 15.7. The van der Waals surface area contributed by atoms with Crippen LogP contribution >= 0.6 is 0 Å². The van der Waals surface area contributed by atoms with Crippen molar-refractivity contribution in [2.45, 2.75) is 57.8 Å². The molecule has 0 heterocycles. The average molecular weight is 645 g/mol. The Hall–Kier alpha value is -4.94. The number of hydrogen-bond donors (Lipinski definition) is 6. The highest BCUT2D eigenvalue weighted by atomic mass is 16.6. The molecule has 0 spiro atoms. The van der Waals surface area contributed by atoms with Crippen molar-refractivity contribution in [1.82, 2.24) is 15.5 Å². The molecule has 0 saturated heterocycles. The van der Waals surface area contributed by atoms with Gasteiger partial charge in [-0.25, -0.2) is 9.59 Å². The third-order valence-corrected chi connectivity index (χ3v) is 8.32. The molecule has 0 radical (unpaired) electrons. The van der Waals surface area contributed by atoms with E-state index in [9.17, 15) is 24.3 Å². The highest BCUT2D eigenvalue weighted by molar-refractivity contribution is 5.98. The lowest BCUT2D eigenvalue weighted by molar-refractivity contribution is -0.128. The highest BCUT2D eigenvalue weighted by Gasteiger charge is 2.30. The van der Waals surface area contributed by atoms with Gasteiger partial charge in [-0.3, -0.25) is 9.59 Å². The number of carbonyl (C=O) groups excluding carboxylic acids is 4. The van der Waals surface area contributed by atoms with Gasteiger partial charge < -0.3 is 42.2 Å². The molecule has 8 N–H and O–H groups in total. The molecule has 250 valence electrons. The molecule has 0 aliphatic heterocycles. The standard InChI is InChI=1S/C35H44N6O6/c1-21(2)31(36)33(44)40-30(13-8-16-38-34(37)45)32(43)39-24-15-14-22(19-42)23(17-24)18-41(3)35(46)47-20-29-27-11-6-4-9-25(27)26-10-5-7-12-28(26)29/h4-7,9-12,14-15,17,21,29-31,42H,8,13,16,18-20,36H2,1-3H3,(H,39,43)(H,40,44)(H3,37,38,45)/t30-,31-/m0/s1. The van der Waals surface area contributed by atoms with E-state index in [0.29, 0.717) is 23.2 Å². The smallest absolute Gasteiger partial charge is 0.409 e. The normalized spacial score (nSPS) is 13.2. The van der Waals surface area contributed by atoms with Crippen LogP contribution in [0.1, 0.15) is 54.9 Å². The van der Waals surface area contributed by atoms with Crippen molar-refractivity contribution < 1.29 is 29.0 Å². The van der Waals surface area contributed by atoms with Crippen LogP contribution in [0.3, 0.4) is 0 Å². The third-order valence-electron chi connectivity index (χ3n) is 8.32. The molecule has 4 rings (SSSR count). The predicted molar refractivity (Wildman–Crippen MR) is 179 cm³/mol. The van der Waals surface area contributed by atoms with Crippen LogP contribution in [0.15, 0.2) is 66.7 Å². The van der Waals surface area contributed by atoms with Crippen LogP contribution in [-0.4, -0.2) is 66.2 Å². The monoisotopic (exact) mass is 644 g/mol. The van der Waals surface area contributed by atoms with Crippen molar-refractivity contribution in [2.24, 2.45) is 17.4 Å². The van der Waals surface area contributed by atoms with E-state index in [1.807, 2.05) is 24.3 Å². The molecule has 3 aromatic carbocycles. The molecule has 0 fully saturated rings. The molecule has 0 saturated carbocycles. The van der Waals surface area contributed by atoms with E-state index < -0.39 is 36.0 Å². The number of amides is 5. The number of primary amides is 1. The van der Waals surface area contributed by atoms with Crippen LogP contribution in [0.2, 0.25) is 0 Å². The highest BCUT2D eigenvalue weighted by Crippen LogP contribution is 2.44. The van der Waals surface area contributed by atoms with E-state index >= 15 is 0 Å². The summed E-state index contributed by atoms with van der Waals surface area (Å²) in [4.78, 5) is 51.6. The van der Waals surface area contributed by atoms with E-state index in [0.717, 1.165) is 22.3 Å². The lowest BCUT2D eigenvalue weighted by Crippen LogP contribution is -2.51. The minimum absolute atomic E-state index is 0.0820. The molecule has 0 unspecified atom stereocenters. The second-order valence-electron chi connectivity index (χ2n) is 12.1. The van der Waals surface area contributed by atoms with Crippen molar-refractivity contribution in [3.63, 3.8) is 0 Å². The van der Waals surface area contributed by atoms with Gasteiger partial charge in [-0.05, 0) is 64.3 Å². The first-order chi connectivity index (χ1) is 22.5. The minimum Gasteiger partial charge on any atom is -0.448 e. The van der Waals surface area contributed by atoms with Crippen molar-refractivity contribution in [2.75, 3.05) is 25.5 Å². The summed E-state index contributed by atoms with van der Waals surface area (Å²) in [6.07, 6.45) is 0.0612. The molecular weight excluding hydrogens is 600 g/mol. The number of nitrogens with zero attached hydrogens (tertiary/aromatic N) is 1. The van der Waals surface area contributed by atoms with Gasteiger partial charge in [0.15, 0.2) is 0 Å². The Balaban J connectivity index is 1.42. The predicted octanol–water partition coefficient (Wildman–Crippen LogP) is 3.41.